The first-order valence-electron chi connectivity index (χ1n) is 11.8. The van der Waals surface area contributed by atoms with Crippen molar-refractivity contribution in [3.8, 4) is 0 Å². The number of carboxylic acids is 1. The number of hydrogen-bond donors (Lipinski definition) is 2. The lowest BCUT2D eigenvalue weighted by molar-refractivity contribution is -0.688. The number of amides is 2. The van der Waals surface area contributed by atoms with E-state index in [2.05, 4.69) is 25.7 Å². The highest BCUT2D eigenvalue weighted by atomic mass is 32.2. The summed E-state index contributed by atoms with van der Waals surface area (Å²) in [5, 5.41) is 24.1. The number of hydrogen-bond acceptors (Lipinski definition) is 12. The van der Waals surface area contributed by atoms with E-state index in [0.29, 0.717) is 17.1 Å². The second-order valence-electron chi connectivity index (χ2n) is 8.57. The molecule has 2 aliphatic heterocycles. The zero-order valence-electron chi connectivity index (χ0n) is 21.3. The van der Waals surface area contributed by atoms with Crippen LogP contribution in [0.25, 0.3) is 0 Å². The predicted molar refractivity (Wildman–Crippen MR) is 134 cm³/mol. The summed E-state index contributed by atoms with van der Waals surface area (Å²) >= 11 is 1.31. The number of H-pyrrole nitrogens is 1. The maximum absolute atomic E-state index is 13.1. The molecule has 2 amide bonds. The lowest BCUT2D eigenvalue weighted by Gasteiger charge is -2.50. The first-order valence-corrected chi connectivity index (χ1v) is 12.8. The normalized spacial score (nSPS) is 18.7. The van der Waals surface area contributed by atoms with Crippen LogP contribution in [0.1, 0.15) is 12.6 Å². The van der Waals surface area contributed by atoms with Crippen LogP contribution in [0.4, 0.5) is 5.82 Å². The number of aliphatic carboxylic acids is 1. The molecule has 39 heavy (non-hydrogen) atoms. The van der Waals surface area contributed by atoms with Gasteiger partial charge >= 0.3 is 5.97 Å². The molecule has 15 nitrogen and oxygen atoms in total. The monoisotopic (exact) mass is 558 g/mol. The van der Waals surface area contributed by atoms with Gasteiger partial charge < -0.3 is 29.7 Å². The van der Waals surface area contributed by atoms with Gasteiger partial charge in [0.15, 0.2) is 24.3 Å². The van der Waals surface area contributed by atoms with Crippen molar-refractivity contribution in [2.45, 2.75) is 24.9 Å². The van der Waals surface area contributed by atoms with Crippen LogP contribution in [0.2, 0.25) is 0 Å². The maximum Gasteiger partial charge on any atom is 0.347 e. The number of esters is 1. The molecule has 1 fully saturated rings. The van der Waals surface area contributed by atoms with Crippen molar-refractivity contribution in [3.63, 3.8) is 0 Å². The van der Waals surface area contributed by atoms with Gasteiger partial charge in [-0.2, -0.15) is 9.67 Å². The average Bonchev–Trinajstić information content (AvgIpc) is 3.44. The van der Waals surface area contributed by atoms with Gasteiger partial charge in [0.1, 0.15) is 11.4 Å². The van der Waals surface area contributed by atoms with Gasteiger partial charge in [-0.3, -0.25) is 19.6 Å². The van der Waals surface area contributed by atoms with Crippen LogP contribution in [0, 0.1) is 0 Å². The van der Waals surface area contributed by atoms with Crippen molar-refractivity contribution >= 4 is 47.0 Å². The lowest BCUT2D eigenvalue weighted by Crippen LogP contribution is -2.71. The summed E-state index contributed by atoms with van der Waals surface area (Å²) in [7, 11) is 3.67. The lowest BCUT2D eigenvalue weighted by atomic mass is 10.0. The Morgan fingerprint density at radius 3 is 2.82 bits per heavy atom. The van der Waals surface area contributed by atoms with Gasteiger partial charge in [0.25, 0.3) is 11.8 Å². The van der Waals surface area contributed by atoms with Crippen LogP contribution in [0.5, 0.6) is 0 Å². The van der Waals surface area contributed by atoms with Crippen LogP contribution in [-0.2, 0) is 35.3 Å². The van der Waals surface area contributed by atoms with Gasteiger partial charge in [-0.25, -0.2) is 9.78 Å². The van der Waals surface area contributed by atoms with E-state index in [9.17, 15) is 24.3 Å². The van der Waals surface area contributed by atoms with E-state index in [1.54, 1.807) is 30.1 Å². The molecule has 2 atom stereocenters. The zero-order valence-corrected chi connectivity index (χ0v) is 22.1. The number of rotatable bonds is 11. The van der Waals surface area contributed by atoms with Crippen LogP contribution in [0.3, 0.4) is 0 Å². The van der Waals surface area contributed by atoms with E-state index >= 15 is 0 Å². The third kappa shape index (κ3) is 6.00. The van der Waals surface area contributed by atoms with Crippen molar-refractivity contribution in [2.24, 2.45) is 5.16 Å². The molecule has 16 heteroatoms. The summed E-state index contributed by atoms with van der Waals surface area (Å²) in [6, 6.07) is 0.434. The minimum absolute atomic E-state index is 0.154. The molecule has 2 aliphatic rings. The smallest absolute Gasteiger partial charge is 0.347 e. The predicted octanol–water partition coefficient (Wildman–Crippen LogP) is -2.45. The third-order valence-electron chi connectivity index (χ3n) is 5.72. The Bertz CT molecular complexity index is 1330. The first-order chi connectivity index (χ1) is 18.7. The number of thioether (sulfide) groups is 1. The Morgan fingerprint density at radius 1 is 1.36 bits per heavy atom. The first kappa shape index (κ1) is 27.6. The summed E-state index contributed by atoms with van der Waals surface area (Å²) in [4.78, 5) is 61.9. The Labute approximate surface area is 226 Å². The molecule has 0 saturated carbocycles. The van der Waals surface area contributed by atoms with Gasteiger partial charge in [0.05, 0.1) is 30.2 Å². The Hall–Kier alpha value is -4.47. The molecule has 0 aliphatic carbocycles. The second-order valence-corrected chi connectivity index (χ2v) is 9.68. The molecule has 0 aromatic carbocycles. The summed E-state index contributed by atoms with van der Waals surface area (Å²) < 4.78 is 6.53. The summed E-state index contributed by atoms with van der Waals surface area (Å²) in [6.07, 6.45) is 6.45. The highest BCUT2D eigenvalue weighted by molar-refractivity contribution is 8.00. The number of anilines is 1. The fourth-order valence-electron chi connectivity index (χ4n) is 3.93. The standard InChI is InChI=1S/C23H26N8O7S/c1-4-37-16(32)11-38-28-17(14-5-6-25-27-14)20(33)26-18-21(34)31-19(23(35)36)13(12-39-22(18)31)9-30-8-7-24-15(10-30)29(2)3/h5-8,10,18,22H,4,9,11-12H2,1-3H3,(H2-,25,26,27,28,33,35,36)/t18?,22-/m0/s1. The Kier molecular flexibility index (Phi) is 8.43. The molecule has 2 aromatic heterocycles. The van der Waals surface area contributed by atoms with Crippen molar-refractivity contribution in [3.05, 3.63) is 47.8 Å². The third-order valence-corrected chi connectivity index (χ3v) is 7.06. The van der Waals surface area contributed by atoms with Gasteiger partial charge in [-0.15, -0.1) is 11.8 Å². The number of carbonyl (C=O) groups excluding carboxylic acids is 4. The fraction of sp³-hybridized carbons (Fsp3) is 0.391. The minimum Gasteiger partial charge on any atom is -0.543 e. The number of nitrogens with zero attached hydrogens (tertiary/aromatic N) is 6. The van der Waals surface area contributed by atoms with Crippen LogP contribution >= 0.6 is 11.8 Å². The SMILES string of the molecule is CCOC(=O)CON=C(C(=O)NC1C(=O)N2C(C(=O)[O-])=C(C[n+]3ccnc(N(C)C)c3)CS[C@@H]12)c1ccn[nH]1. The van der Waals surface area contributed by atoms with Crippen molar-refractivity contribution in [1.29, 1.82) is 0 Å². The van der Waals surface area contributed by atoms with E-state index in [-0.39, 0.29) is 30.3 Å². The molecular weight excluding hydrogens is 532 g/mol. The molecule has 1 saturated heterocycles. The molecule has 0 radical (unpaired) electrons. The number of aromatic nitrogens is 4. The van der Waals surface area contributed by atoms with Crippen LogP contribution < -0.4 is 19.9 Å². The number of oxime groups is 1. The zero-order chi connectivity index (χ0) is 28.1. The Morgan fingerprint density at radius 2 is 2.15 bits per heavy atom. The van der Waals surface area contributed by atoms with Crippen molar-refractivity contribution in [2.75, 3.05) is 38.0 Å². The van der Waals surface area contributed by atoms with E-state index < -0.39 is 41.8 Å². The molecule has 2 N–H and O–H groups in total. The van der Waals surface area contributed by atoms with E-state index in [0.717, 1.165) is 4.90 Å². The van der Waals surface area contributed by atoms with Gasteiger partial charge in [0, 0.05) is 31.6 Å². The molecular formula is C23H26N8O7S. The number of carbonyl (C=O) groups is 4. The highest BCUT2D eigenvalue weighted by Gasteiger charge is 2.53. The quantitative estimate of drug-likeness (QED) is 0.0980. The number of carboxylic acid groups (broad SMARTS) is 1. The van der Waals surface area contributed by atoms with Gasteiger partial charge in [-0.05, 0) is 13.0 Å². The number of aromatic amines is 1. The minimum atomic E-state index is -1.48. The molecule has 4 rings (SSSR count). The largest absolute Gasteiger partial charge is 0.543 e. The molecule has 206 valence electrons. The summed E-state index contributed by atoms with van der Waals surface area (Å²) in [5.74, 6) is -2.58. The number of nitrogens with one attached hydrogen (secondary N) is 2. The molecule has 1 unspecified atom stereocenters. The maximum atomic E-state index is 13.1. The number of ether oxygens (including phenoxy) is 1. The van der Waals surface area contributed by atoms with E-state index in [1.165, 1.54) is 24.0 Å². The summed E-state index contributed by atoms with van der Waals surface area (Å²) in [5.41, 5.74) is 0.193. The van der Waals surface area contributed by atoms with Crippen LogP contribution in [0.15, 0.2) is 47.3 Å². The summed E-state index contributed by atoms with van der Waals surface area (Å²) in [6.45, 7) is 1.47. The number of fused-ring (bicyclic) bond motifs is 1. The average molecular weight is 559 g/mol. The Balaban J connectivity index is 1.49. The van der Waals surface area contributed by atoms with Crippen molar-refractivity contribution < 1.29 is 38.4 Å². The topological polar surface area (TPSA) is 186 Å². The van der Waals surface area contributed by atoms with Gasteiger partial charge in [-0.1, -0.05) is 5.16 Å². The number of β-lactam (4-membered cyclic amide) rings is 1. The van der Waals surface area contributed by atoms with Crippen molar-refractivity contribution in [1.82, 2.24) is 25.4 Å². The molecule has 0 bridgehead atoms. The highest BCUT2D eigenvalue weighted by Crippen LogP contribution is 2.40. The van der Waals surface area contributed by atoms with E-state index in [4.69, 9.17) is 9.57 Å². The molecule has 0 spiro atoms. The molecule has 2 aromatic rings. The van der Waals surface area contributed by atoms with E-state index in [1.807, 2.05) is 19.0 Å². The second kappa shape index (κ2) is 11.9. The molecule has 4 heterocycles. The van der Waals surface area contributed by atoms with Gasteiger partial charge in [0.2, 0.25) is 12.8 Å². The van der Waals surface area contributed by atoms with Crippen LogP contribution in [-0.4, -0.2) is 94.0 Å². The fourth-order valence-corrected chi connectivity index (χ4v) is 5.26.